The lowest BCUT2D eigenvalue weighted by atomic mass is 9.81. The molecule has 1 aliphatic heterocycles. The van der Waals surface area contributed by atoms with Crippen molar-refractivity contribution in [1.29, 1.82) is 0 Å². The minimum Gasteiger partial charge on any atom is -0.302 e. The van der Waals surface area contributed by atoms with Crippen LogP contribution in [-0.2, 0) is 14.4 Å². The monoisotopic (exact) mass is 417 g/mol. The molecule has 146 valence electrons. The second-order valence-electron chi connectivity index (χ2n) is 7.17. The van der Waals surface area contributed by atoms with E-state index in [4.69, 9.17) is 11.6 Å². The summed E-state index contributed by atoms with van der Waals surface area (Å²) in [6.45, 7) is 0.131. The molecule has 1 aliphatic carbocycles. The minimum absolute atomic E-state index is 0.0762. The maximum Gasteiger partial charge on any atom is 0.233 e. The SMILES string of the molecule is O=C(CCN1C(=O)C2CCCCC2C1=O)Nc1nc(-c2ccc(Cl)cc2)cs1. The molecule has 0 bridgehead atoms. The summed E-state index contributed by atoms with van der Waals surface area (Å²) in [6, 6.07) is 7.31. The van der Waals surface area contributed by atoms with Crippen molar-refractivity contribution >= 4 is 45.8 Å². The van der Waals surface area contributed by atoms with E-state index in [-0.39, 0.29) is 42.5 Å². The second-order valence-corrected chi connectivity index (χ2v) is 8.46. The number of nitrogens with one attached hydrogen (secondary N) is 1. The van der Waals surface area contributed by atoms with Crippen molar-refractivity contribution in [2.45, 2.75) is 32.1 Å². The molecule has 2 fully saturated rings. The summed E-state index contributed by atoms with van der Waals surface area (Å²) in [5.74, 6) is -0.827. The highest BCUT2D eigenvalue weighted by Crippen LogP contribution is 2.38. The molecule has 3 amide bonds. The Kier molecular flexibility index (Phi) is 5.46. The van der Waals surface area contributed by atoms with Crippen LogP contribution in [0.5, 0.6) is 0 Å². The summed E-state index contributed by atoms with van der Waals surface area (Å²) in [6.07, 6.45) is 3.63. The summed E-state index contributed by atoms with van der Waals surface area (Å²) in [4.78, 5) is 42.9. The Morgan fingerprint density at radius 3 is 2.43 bits per heavy atom. The molecular weight excluding hydrogens is 398 g/mol. The average Bonchev–Trinajstić information content (AvgIpc) is 3.25. The number of rotatable bonds is 5. The number of carbonyl (C=O) groups excluding carboxylic acids is 3. The summed E-state index contributed by atoms with van der Waals surface area (Å²) in [7, 11) is 0. The van der Waals surface area contributed by atoms with Gasteiger partial charge < -0.3 is 5.32 Å². The normalized spacial score (nSPS) is 21.7. The molecule has 6 nitrogen and oxygen atoms in total. The first-order valence-electron chi connectivity index (χ1n) is 9.39. The molecule has 0 radical (unpaired) electrons. The number of likely N-dealkylation sites (tertiary alicyclic amines) is 1. The highest BCUT2D eigenvalue weighted by Gasteiger charge is 2.47. The lowest BCUT2D eigenvalue weighted by molar-refractivity contribution is -0.140. The molecule has 1 saturated heterocycles. The standard InChI is InChI=1S/C20H20ClN3O3S/c21-13-7-5-12(6-8-13)16-11-28-20(22-16)23-17(25)9-10-24-18(26)14-3-1-2-4-15(14)19(24)27/h5-8,11,14-15H,1-4,9-10H2,(H,22,23,25). The molecule has 28 heavy (non-hydrogen) atoms. The lowest BCUT2D eigenvalue weighted by Crippen LogP contribution is -2.34. The van der Waals surface area contributed by atoms with Crippen molar-refractivity contribution in [2.75, 3.05) is 11.9 Å². The lowest BCUT2D eigenvalue weighted by Gasteiger charge is -2.19. The Hall–Kier alpha value is -2.25. The summed E-state index contributed by atoms with van der Waals surface area (Å²) in [5.41, 5.74) is 1.67. The smallest absolute Gasteiger partial charge is 0.233 e. The van der Waals surface area contributed by atoms with Gasteiger partial charge in [0.25, 0.3) is 0 Å². The van der Waals surface area contributed by atoms with Crippen molar-refractivity contribution in [3.8, 4) is 11.3 Å². The zero-order valence-corrected chi connectivity index (χ0v) is 16.8. The first kappa shape index (κ1) is 19.1. The van der Waals surface area contributed by atoms with Crippen LogP contribution in [0.15, 0.2) is 29.6 Å². The van der Waals surface area contributed by atoms with E-state index in [2.05, 4.69) is 10.3 Å². The molecule has 2 heterocycles. The van der Waals surface area contributed by atoms with E-state index in [1.165, 1.54) is 16.2 Å². The highest BCUT2D eigenvalue weighted by atomic mass is 35.5. The van der Waals surface area contributed by atoms with Crippen molar-refractivity contribution in [3.05, 3.63) is 34.7 Å². The highest BCUT2D eigenvalue weighted by molar-refractivity contribution is 7.14. The van der Waals surface area contributed by atoms with Gasteiger partial charge in [0, 0.05) is 28.9 Å². The van der Waals surface area contributed by atoms with Crippen molar-refractivity contribution in [2.24, 2.45) is 11.8 Å². The first-order valence-corrected chi connectivity index (χ1v) is 10.7. The van der Waals surface area contributed by atoms with Crippen LogP contribution in [-0.4, -0.2) is 34.2 Å². The van der Waals surface area contributed by atoms with Crippen molar-refractivity contribution in [3.63, 3.8) is 0 Å². The largest absolute Gasteiger partial charge is 0.302 e. The zero-order valence-electron chi connectivity index (χ0n) is 15.2. The molecule has 1 aromatic heterocycles. The van der Waals surface area contributed by atoms with Crippen LogP contribution in [0, 0.1) is 11.8 Å². The number of fused-ring (bicyclic) bond motifs is 1. The van der Waals surface area contributed by atoms with E-state index in [1.807, 2.05) is 17.5 Å². The number of anilines is 1. The second kappa shape index (κ2) is 8.01. The Morgan fingerprint density at radius 1 is 1.14 bits per heavy atom. The minimum atomic E-state index is -0.257. The summed E-state index contributed by atoms with van der Waals surface area (Å²) >= 11 is 7.22. The van der Waals surface area contributed by atoms with E-state index < -0.39 is 0 Å². The third-order valence-corrected chi connectivity index (χ3v) is 6.40. The van der Waals surface area contributed by atoms with Gasteiger partial charge in [-0.3, -0.25) is 19.3 Å². The topological polar surface area (TPSA) is 79.4 Å². The van der Waals surface area contributed by atoms with Crippen LogP contribution in [0.4, 0.5) is 5.13 Å². The molecular formula is C20H20ClN3O3S. The number of nitrogens with zero attached hydrogens (tertiary/aromatic N) is 2. The van der Waals surface area contributed by atoms with Crippen molar-refractivity contribution in [1.82, 2.24) is 9.88 Å². The zero-order chi connectivity index (χ0) is 19.7. The van der Waals surface area contributed by atoms with Gasteiger partial charge in [-0.2, -0.15) is 0 Å². The number of carbonyl (C=O) groups is 3. The molecule has 1 aromatic carbocycles. The Morgan fingerprint density at radius 2 is 1.79 bits per heavy atom. The van der Waals surface area contributed by atoms with Crippen LogP contribution < -0.4 is 5.32 Å². The van der Waals surface area contributed by atoms with Crippen LogP contribution in [0.25, 0.3) is 11.3 Å². The predicted molar refractivity (Wildman–Crippen MR) is 108 cm³/mol. The van der Waals surface area contributed by atoms with Gasteiger partial charge >= 0.3 is 0 Å². The van der Waals surface area contributed by atoms with Gasteiger partial charge in [0.1, 0.15) is 0 Å². The molecule has 2 aliphatic rings. The number of hydrogen-bond donors (Lipinski definition) is 1. The van der Waals surface area contributed by atoms with E-state index in [1.54, 1.807) is 12.1 Å². The van der Waals surface area contributed by atoms with Gasteiger partial charge in [0.15, 0.2) is 5.13 Å². The van der Waals surface area contributed by atoms with E-state index in [0.29, 0.717) is 10.2 Å². The van der Waals surface area contributed by atoms with Crippen LogP contribution in [0.1, 0.15) is 32.1 Å². The Bertz CT molecular complexity index is 888. The van der Waals surface area contributed by atoms with Crippen LogP contribution >= 0.6 is 22.9 Å². The first-order chi connectivity index (χ1) is 13.5. The number of thiazole rings is 1. The number of amides is 3. The number of imide groups is 1. The molecule has 2 atom stereocenters. The third-order valence-electron chi connectivity index (χ3n) is 5.39. The predicted octanol–water partition coefficient (Wildman–Crippen LogP) is 3.97. The molecule has 0 spiro atoms. The van der Waals surface area contributed by atoms with Crippen LogP contribution in [0.3, 0.4) is 0 Å². The Balaban J connectivity index is 1.33. The number of benzene rings is 1. The molecule has 1 saturated carbocycles. The maximum atomic E-state index is 12.5. The van der Waals surface area contributed by atoms with Crippen LogP contribution in [0.2, 0.25) is 5.02 Å². The van der Waals surface area contributed by atoms with Gasteiger partial charge in [-0.05, 0) is 25.0 Å². The third kappa shape index (κ3) is 3.82. The average molecular weight is 418 g/mol. The fourth-order valence-electron chi connectivity index (χ4n) is 3.93. The molecule has 2 unspecified atom stereocenters. The van der Waals surface area contributed by atoms with Gasteiger partial charge in [-0.15, -0.1) is 11.3 Å². The van der Waals surface area contributed by atoms with E-state index in [9.17, 15) is 14.4 Å². The van der Waals surface area contributed by atoms with Gasteiger partial charge in [0.2, 0.25) is 17.7 Å². The molecule has 1 N–H and O–H groups in total. The summed E-state index contributed by atoms with van der Waals surface area (Å²) in [5, 5.41) is 5.75. The van der Waals surface area contributed by atoms with E-state index in [0.717, 1.165) is 36.9 Å². The maximum absolute atomic E-state index is 12.5. The fourth-order valence-corrected chi connectivity index (χ4v) is 4.79. The number of hydrogen-bond acceptors (Lipinski definition) is 5. The quantitative estimate of drug-likeness (QED) is 0.746. The van der Waals surface area contributed by atoms with Gasteiger partial charge in [-0.25, -0.2) is 4.98 Å². The fraction of sp³-hybridized carbons (Fsp3) is 0.400. The molecule has 2 aromatic rings. The number of aromatic nitrogens is 1. The Labute approximate surface area is 171 Å². The number of halogens is 1. The van der Waals surface area contributed by atoms with Crippen molar-refractivity contribution < 1.29 is 14.4 Å². The van der Waals surface area contributed by atoms with Gasteiger partial charge in [0.05, 0.1) is 17.5 Å². The molecule has 4 rings (SSSR count). The van der Waals surface area contributed by atoms with E-state index >= 15 is 0 Å². The summed E-state index contributed by atoms with van der Waals surface area (Å²) < 4.78 is 0. The molecule has 8 heteroatoms. The van der Waals surface area contributed by atoms with Gasteiger partial charge in [-0.1, -0.05) is 36.6 Å².